The van der Waals surface area contributed by atoms with Gasteiger partial charge in [-0.25, -0.2) is 0 Å². The summed E-state index contributed by atoms with van der Waals surface area (Å²) in [4.78, 5) is 0. The molecule has 4 heteroatoms. The van der Waals surface area contributed by atoms with Gasteiger partial charge in [0.25, 0.3) is 0 Å². The summed E-state index contributed by atoms with van der Waals surface area (Å²) < 4.78 is 11.8. The van der Waals surface area contributed by atoms with E-state index in [0.29, 0.717) is 6.04 Å². The van der Waals surface area contributed by atoms with E-state index in [-0.39, 0.29) is 0 Å². The lowest BCUT2D eigenvalue weighted by Gasteiger charge is -2.19. The fourth-order valence-electron chi connectivity index (χ4n) is 2.73. The maximum atomic E-state index is 5.54. The summed E-state index contributed by atoms with van der Waals surface area (Å²) in [5.74, 6) is 2.59. The Labute approximate surface area is 130 Å². The third-order valence-electron chi connectivity index (χ3n) is 3.95. The second-order valence-electron chi connectivity index (χ2n) is 5.31. The molecule has 2 rings (SSSR count). The fraction of sp³-hybridized carbons (Fsp3) is 0.625. The fourth-order valence-corrected chi connectivity index (χ4v) is 3.44. The van der Waals surface area contributed by atoms with Crippen molar-refractivity contribution < 1.29 is 9.47 Å². The summed E-state index contributed by atoms with van der Waals surface area (Å²) in [5, 5.41) is 3.61. The van der Waals surface area contributed by atoms with Gasteiger partial charge in [0, 0.05) is 6.04 Å². The van der Waals surface area contributed by atoms with Crippen LogP contribution in [0, 0.1) is 5.92 Å². The number of benzene rings is 1. The zero-order valence-corrected chi connectivity index (χ0v) is 14.1. The van der Waals surface area contributed by atoms with Crippen molar-refractivity contribution in [3.63, 3.8) is 0 Å². The molecule has 1 saturated carbocycles. The first-order valence-corrected chi connectivity index (χ1v) is 8.13. The summed E-state index contributed by atoms with van der Waals surface area (Å²) in [5.41, 5.74) is 1.24. The van der Waals surface area contributed by atoms with Crippen LogP contribution in [0.4, 0.5) is 0 Å². The summed E-state index contributed by atoms with van der Waals surface area (Å²) >= 11 is 3.57. The maximum absolute atomic E-state index is 5.54. The zero-order valence-electron chi connectivity index (χ0n) is 12.5. The summed E-state index contributed by atoms with van der Waals surface area (Å²) in [7, 11) is 3.39. The average molecular weight is 342 g/mol. The molecule has 1 fully saturated rings. The van der Waals surface area contributed by atoms with E-state index in [1.165, 1.54) is 18.4 Å². The Morgan fingerprint density at radius 2 is 2.05 bits per heavy atom. The highest BCUT2D eigenvalue weighted by Crippen LogP contribution is 2.39. The van der Waals surface area contributed by atoms with Crippen molar-refractivity contribution >= 4 is 15.9 Å². The molecule has 1 N–H and O–H groups in total. The normalized spacial score (nSPS) is 16.0. The van der Waals surface area contributed by atoms with Gasteiger partial charge in [0.1, 0.15) is 16.0 Å². The largest absolute Gasteiger partial charge is 0.495 e. The number of rotatable bonds is 8. The van der Waals surface area contributed by atoms with Gasteiger partial charge in [-0.2, -0.15) is 0 Å². The van der Waals surface area contributed by atoms with E-state index < -0.39 is 0 Å². The van der Waals surface area contributed by atoms with Crippen molar-refractivity contribution in [3.05, 3.63) is 22.2 Å². The van der Waals surface area contributed by atoms with E-state index in [1.54, 1.807) is 14.2 Å². The van der Waals surface area contributed by atoms with E-state index in [0.717, 1.165) is 41.3 Å². The average Bonchev–Trinajstić information content (AvgIpc) is 3.28. The van der Waals surface area contributed by atoms with E-state index in [4.69, 9.17) is 9.47 Å². The minimum atomic E-state index is 0.644. The molecule has 0 spiro atoms. The van der Waals surface area contributed by atoms with Crippen LogP contribution < -0.4 is 14.8 Å². The zero-order chi connectivity index (χ0) is 14.5. The number of hydrogen-bond acceptors (Lipinski definition) is 3. The molecule has 1 aromatic carbocycles. The first kappa shape index (κ1) is 15.6. The Kier molecular flexibility index (Phi) is 5.73. The molecule has 0 saturated heterocycles. The molecule has 1 aromatic rings. The van der Waals surface area contributed by atoms with Crippen LogP contribution >= 0.6 is 15.9 Å². The Morgan fingerprint density at radius 3 is 2.60 bits per heavy atom. The molecule has 1 unspecified atom stereocenters. The Balaban J connectivity index is 2.06. The first-order valence-electron chi connectivity index (χ1n) is 7.34. The van der Waals surface area contributed by atoms with Gasteiger partial charge in [-0.05, 0) is 65.7 Å². The van der Waals surface area contributed by atoms with Gasteiger partial charge in [0.2, 0.25) is 0 Å². The van der Waals surface area contributed by atoms with Crippen LogP contribution in [-0.2, 0) is 6.42 Å². The van der Waals surface area contributed by atoms with Crippen LogP contribution in [-0.4, -0.2) is 26.8 Å². The molecule has 1 atom stereocenters. The Morgan fingerprint density at radius 1 is 1.30 bits per heavy atom. The van der Waals surface area contributed by atoms with Crippen molar-refractivity contribution in [1.82, 2.24) is 5.32 Å². The van der Waals surface area contributed by atoms with E-state index in [1.807, 2.05) is 6.07 Å². The molecule has 20 heavy (non-hydrogen) atoms. The summed E-state index contributed by atoms with van der Waals surface area (Å²) in [6.45, 7) is 3.23. The smallest absolute Gasteiger partial charge is 0.139 e. The van der Waals surface area contributed by atoms with Gasteiger partial charge in [0.05, 0.1) is 14.2 Å². The molecule has 3 nitrogen and oxygen atoms in total. The van der Waals surface area contributed by atoms with Crippen molar-refractivity contribution in [2.75, 3.05) is 20.8 Å². The number of nitrogens with one attached hydrogen (secondary N) is 1. The topological polar surface area (TPSA) is 30.5 Å². The number of ether oxygens (including phenoxy) is 2. The van der Waals surface area contributed by atoms with Crippen LogP contribution in [0.3, 0.4) is 0 Å². The predicted octanol–water partition coefficient (Wildman–Crippen LogP) is 3.79. The Hall–Kier alpha value is -0.740. The molecule has 0 radical (unpaired) electrons. The molecule has 0 aliphatic heterocycles. The van der Waals surface area contributed by atoms with Crippen molar-refractivity contribution in [3.8, 4) is 11.5 Å². The molecule has 0 bridgehead atoms. The maximum Gasteiger partial charge on any atom is 0.139 e. The first-order chi connectivity index (χ1) is 9.71. The van der Waals surface area contributed by atoms with Crippen LogP contribution in [0.2, 0.25) is 0 Å². The van der Waals surface area contributed by atoms with Gasteiger partial charge in [0.15, 0.2) is 0 Å². The molecular weight excluding hydrogens is 318 g/mol. The second kappa shape index (κ2) is 7.32. The van der Waals surface area contributed by atoms with Crippen LogP contribution in [0.15, 0.2) is 16.6 Å². The molecule has 0 amide bonds. The number of methoxy groups -OCH3 is 2. The van der Waals surface area contributed by atoms with Gasteiger partial charge in [-0.1, -0.05) is 13.0 Å². The van der Waals surface area contributed by atoms with Crippen molar-refractivity contribution in [2.45, 2.75) is 38.6 Å². The number of halogens is 1. The van der Waals surface area contributed by atoms with Crippen molar-refractivity contribution in [2.24, 2.45) is 5.92 Å². The third kappa shape index (κ3) is 3.67. The highest BCUT2D eigenvalue weighted by Gasteiger charge is 2.30. The predicted molar refractivity (Wildman–Crippen MR) is 85.8 cm³/mol. The monoisotopic (exact) mass is 341 g/mol. The van der Waals surface area contributed by atoms with Crippen molar-refractivity contribution in [1.29, 1.82) is 0 Å². The van der Waals surface area contributed by atoms with Crippen LogP contribution in [0.1, 0.15) is 31.7 Å². The lowest BCUT2D eigenvalue weighted by atomic mass is 10.0. The minimum absolute atomic E-state index is 0.644. The van der Waals surface area contributed by atoms with E-state index in [2.05, 4.69) is 34.2 Å². The standard InChI is InChI=1S/C16H24BrNO2/c1-4-18-13(11-5-6-11)9-7-12-8-10-14(19-2)15(17)16(12)20-3/h8,10-11,13,18H,4-7,9H2,1-3H3. The highest BCUT2D eigenvalue weighted by molar-refractivity contribution is 9.10. The molecule has 1 aliphatic rings. The van der Waals surface area contributed by atoms with Gasteiger partial charge < -0.3 is 14.8 Å². The van der Waals surface area contributed by atoms with Gasteiger partial charge in [-0.3, -0.25) is 0 Å². The van der Waals surface area contributed by atoms with E-state index in [9.17, 15) is 0 Å². The highest BCUT2D eigenvalue weighted by atomic mass is 79.9. The molecule has 112 valence electrons. The quantitative estimate of drug-likeness (QED) is 0.780. The second-order valence-corrected chi connectivity index (χ2v) is 6.11. The van der Waals surface area contributed by atoms with Crippen LogP contribution in [0.25, 0.3) is 0 Å². The van der Waals surface area contributed by atoms with Gasteiger partial charge in [-0.15, -0.1) is 0 Å². The molecule has 0 heterocycles. The minimum Gasteiger partial charge on any atom is -0.495 e. The lowest BCUT2D eigenvalue weighted by Crippen LogP contribution is -2.31. The summed E-state index contributed by atoms with van der Waals surface area (Å²) in [6, 6.07) is 4.75. The SMILES string of the molecule is CCNC(CCc1ccc(OC)c(Br)c1OC)C1CC1. The third-order valence-corrected chi connectivity index (χ3v) is 4.70. The number of aryl methyl sites for hydroxylation is 1. The van der Waals surface area contributed by atoms with E-state index >= 15 is 0 Å². The summed E-state index contributed by atoms with van der Waals surface area (Å²) in [6.07, 6.45) is 4.94. The van der Waals surface area contributed by atoms with Crippen LogP contribution in [0.5, 0.6) is 11.5 Å². The molecule has 1 aliphatic carbocycles. The van der Waals surface area contributed by atoms with Gasteiger partial charge >= 0.3 is 0 Å². The Bertz CT molecular complexity index is 446. The molecule has 0 aromatic heterocycles. The lowest BCUT2D eigenvalue weighted by molar-refractivity contribution is 0.383. The molecular formula is C16H24BrNO2. The number of hydrogen-bond donors (Lipinski definition) is 1.